The zero-order valence-electron chi connectivity index (χ0n) is 46.5. The molecule has 0 spiro atoms. The smallest absolute Gasteiger partial charge is 0.0594 e. The number of unbranched alkanes of at least 4 members (excludes halogenated alkanes) is 39. The van der Waals surface area contributed by atoms with E-state index in [1.165, 1.54) is 334 Å². The molecule has 0 heterocycles. The molecule has 0 rings (SSSR count). The molecule has 0 aromatic heterocycles. The Bertz CT molecular complexity index is 784. The van der Waals surface area contributed by atoms with Crippen LogP contribution in [0, 0.1) is 5.92 Å². The van der Waals surface area contributed by atoms with E-state index in [0.29, 0.717) is 0 Å². The molecule has 0 bridgehead atoms. The molecule has 0 amide bonds. The summed E-state index contributed by atoms with van der Waals surface area (Å²) in [5.74, 6) is 1.00. The van der Waals surface area contributed by atoms with Gasteiger partial charge in [-0.3, -0.25) is 0 Å². The van der Waals surface area contributed by atoms with Gasteiger partial charge in [-0.2, -0.15) is 0 Å². The van der Waals surface area contributed by atoms with Gasteiger partial charge in [-0.05, 0) is 57.8 Å². The summed E-state index contributed by atoms with van der Waals surface area (Å²) in [6, 6.07) is 0. The van der Waals surface area contributed by atoms with Gasteiger partial charge < -0.3 is 14.5 Å². The van der Waals surface area contributed by atoms with E-state index in [2.05, 4.69) is 44.4 Å². The summed E-state index contributed by atoms with van der Waals surface area (Å²) in [6.45, 7) is 20.9. The first-order valence-corrected chi connectivity index (χ1v) is 31.2. The Kier molecular flexibility index (Phi) is 58.1. The van der Waals surface area contributed by atoms with E-state index >= 15 is 0 Å². The van der Waals surface area contributed by atoms with Crippen LogP contribution in [0.3, 0.4) is 0 Å². The molecule has 0 radical (unpaired) electrons. The van der Waals surface area contributed by atoms with Gasteiger partial charge in [0.2, 0.25) is 0 Å². The maximum Gasteiger partial charge on any atom is 0.0594 e. The predicted octanol–water partition coefficient (Wildman–Crippen LogP) is 21.0. The van der Waals surface area contributed by atoms with Crippen LogP contribution in [0.15, 0.2) is 0 Å². The van der Waals surface area contributed by atoms with Crippen molar-refractivity contribution in [2.75, 3.05) is 52.5 Å². The summed E-state index contributed by atoms with van der Waals surface area (Å²) in [5, 5.41) is 0. The Balaban J connectivity index is 4.79. The summed E-state index contributed by atoms with van der Waals surface area (Å²) in [5.41, 5.74) is 0. The van der Waals surface area contributed by atoms with Gasteiger partial charge in [0, 0.05) is 13.1 Å². The molecule has 3 nitrogen and oxygen atoms in total. The van der Waals surface area contributed by atoms with E-state index in [1.807, 2.05) is 0 Å². The summed E-state index contributed by atoms with van der Waals surface area (Å²) < 4.78 is 6.47. The highest BCUT2D eigenvalue weighted by Crippen LogP contribution is 2.25. The van der Waals surface area contributed by atoms with Gasteiger partial charge in [0.25, 0.3) is 0 Å². The van der Waals surface area contributed by atoms with Crippen LogP contribution in [0.4, 0.5) is 0 Å². The Hall–Kier alpha value is -0.120. The highest BCUT2D eigenvalue weighted by Gasteiger charge is 2.11. The molecular weight excluding hydrogens is 789 g/mol. The van der Waals surface area contributed by atoms with Crippen molar-refractivity contribution in [3.63, 3.8) is 0 Å². The van der Waals surface area contributed by atoms with Crippen molar-refractivity contribution in [3.05, 3.63) is 0 Å². The van der Waals surface area contributed by atoms with Crippen molar-refractivity contribution >= 4 is 0 Å². The van der Waals surface area contributed by atoms with E-state index in [-0.39, 0.29) is 0 Å². The number of hydrogen-bond donors (Lipinski definition) is 0. The van der Waals surface area contributed by atoms with Crippen LogP contribution in [-0.4, -0.2) is 62.3 Å². The van der Waals surface area contributed by atoms with Gasteiger partial charge in [0.05, 0.1) is 13.2 Å². The van der Waals surface area contributed by atoms with Gasteiger partial charge in [-0.25, -0.2) is 0 Å². The zero-order chi connectivity index (χ0) is 47.0. The lowest BCUT2D eigenvalue weighted by molar-refractivity contribution is 0.0808. The van der Waals surface area contributed by atoms with E-state index in [1.54, 1.807) is 0 Å². The van der Waals surface area contributed by atoms with E-state index in [9.17, 15) is 0 Å². The van der Waals surface area contributed by atoms with Crippen LogP contribution in [0.2, 0.25) is 0 Å². The van der Waals surface area contributed by atoms with Crippen LogP contribution in [0.1, 0.15) is 343 Å². The molecule has 0 saturated heterocycles. The number of nitrogens with zero attached hydrogens (tertiary/aromatic N) is 2. The molecule has 0 unspecified atom stereocenters. The van der Waals surface area contributed by atoms with Gasteiger partial charge in [0.15, 0.2) is 0 Å². The van der Waals surface area contributed by atoms with Crippen molar-refractivity contribution < 1.29 is 4.74 Å². The van der Waals surface area contributed by atoms with Crippen molar-refractivity contribution in [1.82, 2.24) is 9.80 Å². The second-order valence-electron chi connectivity index (χ2n) is 21.7. The normalized spacial score (nSPS) is 12.0. The maximum absolute atomic E-state index is 6.47. The average Bonchev–Trinajstić information content (AvgIpc) is 3.31. The lowest BCUT2D eigenvalue weighted by Crippen LogP contribution is -2.32. The minimum Gasteiger partial charge on any atom is -0.379 e. The molecule has 0 fully saturated rings. The van der Waals surface area contributed by atoms with Crippen LogP contribution in [0.25, 0.3) is 0 Å². The molecule has 0 N–H and O–H groups in total. The van der Waals surface area contributed by atoms with Crippen LogP contribution >= 0.6 is 0 Å². The van der Waals surface area contributed by atoms with Crippen molar-refractivity contribution in [1.29, 1.82) is 0 Å². The predicted molar refractivity (Wildman–Crippen MR) is 297 cm³/mol. The largest absolute Gasteiger partial charge is 0.379 e. The van der Waals surface area contributed by atoms with Crippen molar-refractivity contribution in [2.24, 2.45) is 5.92 Å². The molecule has 3 heteroatoms. The third kappa shape index (κ3) is 53.1. The van der Waals surface area contributed by atoms with Gasteiger partial charge in [-0.1, -0.05) is 317 Å². The lowest BCUT2D eigenvalue weighted by Gasteiger charge is -2.24. The minimum atomic E-state index is 0.915. The monoisotopic (exact) mass is 917 g/mol. The Morgan fingerprint density at radius 3 is 0.615 bits per heavy atom. The van der Waals surface area contributed by atoms with Crippen molar-refractivity contribution in [2.45, 2.75) is 343 Å². The molecule has 0 atom stereocenters. The number of ether oxygens (including phenoxy) is 1. The molecule has 0 aromatic carbocycles. The average molecular weight is 918 g/mol. The molecule has 0 aliphatic carbocycles. The summed E-state index contributed by atoms with van der Waals surface area (Å²) in [6.07, 6.45) is 68.9. The van der Waals surface area contributed by atoms with Gasteiger partial charge in [0.1, 0.15) is 0 Å². The minimum absolute atomic E-state index is 0.915. The molecule has 65 heavy (non-hydrogen) atoms. The Morgan fingerprint density at radius 1 is 0.215 bits per heavy atom. The molecule has 0 aliphatic rings. The Morgan fingerprint density at radius 2 is 0.400 bits per heavy atom. The highest BCUT2D eigenvalue weighted by atomic mass is 16.5. The zero-order valence-corrected chi connectivity index (χ0v) is 46.5. The standard InChI is InChI=1S/C62H128N2O/c1-6-11-16-21-26-27-28-29-30-31-32-35-42-49-56-64(57-50-43-36-39-46-53-62(51-44-37-24-19-14-9-4)52-45-38-25-20-15-10-5)59-61-65-60-58-63(54-47-40-33-22-17-12-7-2)55-48-41-34-23-18-13-8-3/h62H,6-61H2,1-5H3. The van der Waals surface area contributed by atoms with Crippen LogP contribution in [-0.2, 0) is 4.74 Å². The van der Waals surface area contributed by atoms with E-state index in [0.717, 1.165) is 32.2 Å². The lowest BCUT2D eigenvalue weighted by atomic mass is 9.89. The number of rotatable bonds is 59. The molecule has 0 aliphatic heterocycles. The number of hydrogen-bond acceptors (Lipinski definition) is 3. The summed E-state index contributed by atoms with van der Waals surface area (Å²) >= 11 is 0. The first-order valence-electron chi connectivity index (χ1n) is 31.2. The molecule has 0 aromatic rings. The third-order valence-corrected chi connectivity index (χ3v) is 15.1. The topological polar surface area (TPSA) is 15.7 Å². The Labute approximate surface area is 414 Å². The second kappa shape index (κ2) is 58.2. The summed E-state index contributed by atoms with van der Waals surface area (Å²) in [7, 11) is 0. The van der Waals surface area contributed by atoms with Gasteiger partial charge in [-0.15, -0.1) is 0 Å². The quantitative estimate of drug-likeness (QED) is 0.0566. The molecule has 392 valence electrons. The van der Waals surface area contributed by atoms with Crippen LogP contribution in [0.5, 0.6) is 0 Å². The van der Waals surface area contributed by atoms with Gasteiger partial charge >= 0.3 is 0 Å². The summed E-state index contributed by atoms with van der Waals surface area (Å²) in [4.78, 5) is 5.56. The maximum atomic E-state index is 6.47. The van der Waals surface area contributed by atoms with E-state index in [4.69, 9.17) is 4.74 Å². The molecular formula is C62H128N2O. The first kappa shape index (κ1) is 64.9. The fourth-order valence-corrected chi connectivity index (χ4v) is 10.4. The highest BCUT2D eigenvalue weighted by molar-refractivity contribution is 4.65. The van der Waals surface area contributed by atoms with E-state index < -0.39 is 0 Å². The SMILES string of the molecule is CCCCCCCCCCCCCCCCN(CCCCCCCC(CCCCCCCC)CCCCCCCC)CCOCCN(CCCCCCCCC)CCCCCCCCC. The van der Waals surface area contributed by atoms with Crippen LogP contribution < -0.4 is 0 Å². The van der Waals surface area contributed by atoms with Crippen molar-refractivity contribution in [3.8, 4) is 0 Å². The second-order valence-corrected chi connectivity index (χ2v) is 21.7. The molecule has 0 saturated carbocycles. The fraction of sp³-hybridized carbons (Fsp3) is 1.00. The third-order valence-electron chi connectivity index (χ3n) is 15.1. The first-order chi connectivity index (χ1) is 32.2. The fourth-order valence-electron chi connectivity index (χ4n) is 10.4.